The fraction of sp³-hybridized carbons (Fsp3) is 0.438. The highest BCUT2D eigenvalue weighted by atomic mass is 16.7. The lowest BCUT2D eigenvalue weighted by molar-refractivity contribution is -0.153. The molecule has 1 unspecified atom stereocenters. The molecular formula is C16H20O8. The molecule has 0 spiro atoms. The number of esters is 2. The predicted octanol–water partition coefficient (Wildman–Crippen LogP) is 1.84. The van der Waals surface area contributed by atoms with Crippen LogP contribution in [0.25, 0.3) is 0 Å². The van der Waals surface area contributed by atoms with Gasteiger partial charge in [-0.3, -0.25) is 4.79 Å². The molecule has 0 amide bonds. The second-order valence-electron chi connectivity index (χ2n) is 4.63. The Balaban J connectivity index is 2.50. The van der Waals surface area contributed by atoms with Gasteiger partial charge in [-0.1, -0.05) is 12.1 Å². The quantitative estimate of drug-likeness (QED) is 0.522. The zero-order valence-corrected chi connectivity index (χ0v) is 13.8. The summed E-state index contributed by atoms with van der Waals surface area (Å²) in [4.78, 5) is 34.4. The smallest absolute Gasteiger partial charge is 0.497 e. The molecule has 0 heterocycles. The first-order valence-electron chi connectivity index (χ1n) is 7.11. The summed E-state index contributed by atoms with van der Waals surface area (Å²) in [5.41, 5.74) is 0.719. The van der Waals surface area contributed by atoms with Gasteiger partial charge in [0, 0.05) is 12.8 Å². The Morgan fingerprint density at radius 2 is 1.67 bits per heavy atom. The molecule has 0 fully saturated rings. The Morgan fingerprint density at radius 3 is 2.21 bits per heavy atom. The van der Waals surface area contributed by atoms with E-state index in [1.807, 2.05) is 0 Å². The molecule has 8 nitrogen and oxygen atoms in total. The van der Waals surface area contributed by atoms with Crippen LogP contribution in [0.4, 0.5) is 4.79 Å². The molecule has 0 aromatic heterocycles. The van der Waals surface area contributed by atoms with E-state index < -0.39 is 24.2 Å². The van der Waals surface area contributed by atoms with Crippen molar-refractivity contribution in [2.75, 3.05) is 21.3 Å². The zero-order chi connectivity index (χ0) is 17.9. The number of benzene rings is 1. The van der Waals surface area contributed by atoms with Crippen molar-refractivity contribution >= 4 is 18.1 Å². The van der Waals surface area contributed by atoms with Crippen molar-refractivity contribution in [1.82, 2.24) is 0 Å². The maximum absolute atomic E-state index is 11.7. The van der Waals surface area contributed by atoms with Crippen LogP contribution in [0.15, 0.2) is 24.3 Å². The Hall–Kier alpha value is -2.77. The van der Waals surface area contributed by atoms with Crippen molar-refractivity contribution in [3.05, 3.63) is 29.8 Å². The van der Waals surface area contributed by atoms with E-state index in [4.69, 9.17) is 14.2 Å². The van der Waals surface area contributed by atoms with Crippen molar-refractivity contribution in [2.24, 2.45) is 0 Å². The summed E-state index contributed by atoms with van der Waals surface area (Å²) in [7, 11) is 3.92. The van der Waals surface area contributed by atoms with Crippen molar-refractivity contribution in [3.8, 4) is 5.75 Å². The summed E-state index contributed by atoms with van der Waals surface area (Å²) >= 11 is 0. The second kappa shape index (κ2) is 10.1. The van der Waals surface area contributed by atoms with Crippen LogP contribution in [0.3, 0.4) is 0 Å². The molecule has 0 saturated heterocycles. The van der Waals surface area contributed by atoms with E-state index in [2.05, 4.69) is 9.47 Å². The summed E-state index contributed by atoms with van der Waals surface area (Å²) in [5.74, 6) is -0.630. The minimum atomic E-state index is -1.24. The molecule has 0 aliphatic heterocycles. The highest BCUT2D eigenvalue weighted by molar-refractivity contribution is 5.78. The lowest BCUT2D eigenvalue weighted by Gasteiger charge is -2.15. The van der Waals surface area contributed by atoms with Crippen LogP contribution in [0.1, 0.15) is 18.4 Å². The van der Waals surface area contributed by atoms with Crippen molar-refractivity contribution in [3.63, 3.8) is 0 Å². The number of carbonyl (C=O) groups is 3. The number of rotatable bonds is 8. The topological polar surface area (TPSA) is 97.4 Å². The summed E-state index contributed by atoms with van der Waals surface area (Å²) in [6.45, 7) is -0.0340. The third-order valence-electron chi connectivity index (χ3n) is 3.06. The van der Waals surface area contributed by atoms with Gasteiger partial charge in [0.05, 0.1) is 21.3 Å². The third-order valence-corrected chi connectivity index (χ3v) is 3.06. The highest BCUT2D eigenvalue weighted by Gasteiger charge is 2.25. The lowest BCUT2D eigenvalue weighted by Crippen LogP contribution is -2.29. The van der Waals surface area contributed by atoms with Gasteiger partial charge in [0.1, 0.15) is 12.4 Å². The monoisotopic (exact) mass is 340 g/mol. The summed E-state index contributed by atoms with van der Waals surface area (Å²) in [5, 5.41) is 0. The summed E-state index contributed by atoms with van der Waals surface area (Å²) in [6.07, 6.45) is -2.43. The van der Waals surface area contributed by atoms with Crippen molar-refractivity contribution < 1.29 is 38.1 Å². The Labute approximate surface area is 139 Å². The number of methoxy groups -OCH3 is 3. The molecule has 1 aromatic carbocycles. The van der Waals surface area contributed by atoms with Crippen LogP contribution in [0.2, 0.25) is 0 Å². The van der Waals surface area contributed by atoms with Gasteiger partial charge < -0.3 is 23.7 Å². The fourth-order valence-electron chi connectivity index (χ4n) is 1.72. The molecular weight excluding hydrogens is 320 g/mol. The third kappa shape index (κ3) is 6.55. The van der Waals surface area contributed by atoms with Gasteiger partial charge in [0.15, 0.2) is 0 Å². The average Bonchev–Trinajstić information content (AvgIpc) is 2.62. The van der Waals surface area contributed by atoms with E-state index >= 15 is 0 Å². The second-order valence-corrected chi connectivity index (χ2v) is 4.63. The Bertz CT molecular complexity index is 552. The summed E-state index contributed by atoms with van der Waals surface area (Å²) < 4.78 is 23.9. The van der Waals surface area contributed by atoms with E-state index in [1.165, 1.54) is 7.11 Å². The van der Waals surface area contributed by atoms with Gasteiger partial charge in [0.2, 0.25) is 6.10 Å². The van der Waals surface area contributed by atoms with Crippen molar-refractivity contribution in [2.45, 2.75) is 25.6 Å². The minimum absolute atomic E-state index is 0.0340. The molecule has 0 bridgehead atoms. The van der Waals surface area contributed by atoms with Crippen LogP contribution in [0, 0.1) is 0 Å². The molecule has 0 radical (unpaired) electrons. The fourth-order valence-corrected chi connectivity index (χ4v) is 1.72. The first-order valence-corrected chi connectivity index (χ1v) is 7.11. The van der Waals surface area contributed by atoms with E-state index in [-0.39, 0.29) is 19.4 Å². The van der Waals surface area contributed by atoms with E-state index in [0.717, 1.165) is 12.7 Å². The average molecular weight is 340 g/mol. The first kappa shape index (κ1) is 19.3. The van der Waals surface area contributed by atoms with E-state index in [0.29, 0.717) is 5.75 Å². The van der Waals surface area contributed by atoms with Gasteiger partial charge in [-0.05, 0) is 17.7 Å². The number of carbonyl (C=O) groups excluding carboxylic acids is 3. The van der Waals surface area contributed by atoms with Gasteiger partial charge in [-0.15, -0.1) is 0 Å². The van der Waals surface area contributed by atoms with E-state index in [9.17, 15) is 14.4 Å². The molecule has 24 heavy (non-hydrogen) atoms. The molecule has 0 N–H and O–H groups in total. The molecule has 0 aliphatic rings. The first-order chi connectivity index (χ1) is 11.5. The largest absolute Gasteiger partial charge is 0.509 e. The molecule has 132 valence electrons. The normalized spacial score (nSPS) is 11.1. The number of ether oxygens (including phenoxy) is 5. The number of hydrogen-bond acceptors (Lipinski definition) is 8. The van der Waals surface area contributed by atoms with Crippen LogP contribution in [-0.4, -0.2) is 45.5 Å². The molecule has 8 heteroatoms. The van der Waals surface area contributed by atoms with Crippen LogP contribution in [0.5, 0.6) is 5.75 Å². The number of hydrogen-bond donors (Lipinski definition) is 0. The zero-order valence-electron chi connectivity index (χ0n) is 13.8. The Morgan fingerprint density at radius 1 is 1.00 bits per heavy atom. The minimum Gasteiger partial charge on any atom is -0.497 e. The Kier molecular flexibility index (Phi) is 8.10. The van der Waals surface area contributed by atoms with Crippen molar-refractivity contribution in [1.29, 1.82) is 0 Å². The van der Waals surface area contributed by atoms with Crippen LogP contribution < -0.4 is 4.74 Å². The maximum atomic E-state index is 11.7. The lowest BCUT2D eigenvalue weighted by atomic mass is 10.2. The molecule has 0 saturated carbocycles. The van der Waals surface area contributed by atoms with Gasteiger partial charge >= 0.3 is 18.1 Å². The van der Waals surface area contributed by atoms with Gasteiger partial charge in [-0.2, -0.15) is 0 Å². The van der Waals surface area contributed by atoms with Crippen LogP contribution >= 0.6 is 0 Å². The SMILES string of the molecule is COC(=O)CCC(OC(=O)OCc1ccc(OC)cc1)C(=O)OC. The van der Waals surface area contributed by atoms with E-state index in [1.54, 1.807) is 31.4 Å². The van der Waals surface area contributed by atoms with Gasteiger partial charge in [-0.25, -0.2) is 9.59 Å². The summed E-state index contributed by atoms with van der Waals surface area (Å²) in [6, 6.07) is 6.89. The molecule has 1 rings (SSSR count). The molecule has 1 aromatic rings. The van der Waals surface area contributed by atoms with Crippen LogP contribution in [-0.2, 0) is 35.1 Å². The maximum Gasteiger partial charge on any atom is 0.509 e. The highest BCUT2D eigenvalue weighted by Crippen LogP contribution is 2.13. The van der Waals surface area contributed by atoms with Gasteiger partial charge in [0.25, 0.3) is 0 Å². The molecule has 0 aliphatic carbocycles. The predicted molar refractivity (Wildman–Crippen MR) is 81.3 cm³/mol. The standard InChI is InChI=1S/C16H20O8/c1-20-12-6-4-11(5-7-12)10-23-16(19)24-13(15(18)22-3)8-9-14(17)21-2/h4-7,13H,8-10H2,1-3H3. The molecule has 1 atom stereocenters.